The quantitative estimate of drug-likeness (QED) is 0.584. The Hall–Kier alpha value is -2.49. The number of hydrogen-bond acceptors (Lipinski definition) is 1. The summed E-state index contributed by atoms with van der Waals surface area (Å²) in [6.45, 7) is 7.93. The highest BCUT2D eigenvalue weighted by Crippen LogP contribution is 2.11. The van der Waals surface area contributed by atoms with E-state index in [-0.39, 0.29) is 5.56 Å². The third-order valence-electron chi connectivity index (χ3n) is 3.50. The molecule has 0 bridgehead atoms. The van der Waals surface area contributed by atoms with Crippen LogP contribution in [0.5, 0.6) is 0 Å². The van der Waals surface area contributed by atoms with Crippen molar-refractivity contribution in [1.29, 1.82) is 0 Å². The lowest BCUT2D eigenvalue weighted by Crippen LogP contribution is -2.24. The molecular weight excluding hydrogens is 238 g/mol. The first-order chi connectivity index (χ1) is 9.06. The second-order valence-corrected chi connectivity index (χ2v) is 4.79. The van der Waals surface area contributed by atoms with Crippen LogP contribution in [0.3, 0.4) is 0 Å². The van der Waals surface area contributed by atoms with Crippen LogP contribution < -0.4 is 16.1 Å². The highest BCUT2D eigenvalue weighted by molar-refractivity contribution is 5.51. The van der Waals surface area contributed by atoms with Crippen LogP contribution in [0.2, 0.25) is 0 Å². The van der Waals surface area contributed by atoms with Gasteiger partial charge in [0.05, 0.1) is 15.9 Å². The minimum Gasteiger partial charge on any atom is -0.361 e. The van der Waals surface area contributed by atoms with Gasteiger partial charge in [0.2, 0.25) is 0 Å². The zero-order valence-corrected chi connectivity index (χ0v) is 10.9. The van der Waals surface area contributed by atoms with E-state index in [1.54, 1.807) is 0 Å². The molecule has 0 unspecified atom stereocenters. The second kappa shape index (κ2) is 4.02. The predicted octanol–water partition coefficient (Wildman–Crippen LogP) is 0.612. The fourth-order valence-corrected chi connectivity index (χ4v) is 2.20. The van der Waals surface area contributed by atoms with Crippen molar-refractivity contribution < 1.29 is 0 Å². The van der Waals surface area contributed by atoms with Crippen molar-refractivity contribution in [3.05, 3.63) is 66.8 Å². The molecule has 4 nitrogen and oxygen atoms in total. The standard InChI is InChI=1S/C15H15N3O/c1-8-7-16-13(10(8)3)6-11-14-12(18-15(11)19)5-4-9(2)17-14/h4-7,16-17H,2H2,1,3H3,(H,18,19). The van der Waals surface area contributed by atoms with Crippen LogP contribution >= 0.6 is 0 Å². The Labute approximate surface area is 109 Å². The molecule has 3 N–H and O–H groups in total. The molecule has 0 atom stereocenters. The first kappa shape index (κ1) is 11.6. The third-order valence-corrected chi connectivity index (χ3v) is 3.50. The van der Waals surface area contributed by atoms with Crippen molar-refractivity contribution in [3.63, 3.8) is 0 Å². The van der Waals surface area contributed by atoms with Crippen LogP contribution in [0.1, 0.15) is 16.8 Å². The fourth-order valence-electron chi connectivity index (χ4n) is 2.20. The summed E-state index contributed by atoms with van der Waals surface area (Å²) in [5.74, 6) is 0. The van der Waals surface area contributed by atoms with Gasteiger partial charge in [-0.05, 0) is 43.2 Å². The van der Waals surface area contributed by atoms with Crippen LogP contribution in [0.15, 0.2) is 23.1 Å². The number of aryl methyl sites for hydroxylation is 1. The average Bonchev–Trinajstić information content (AvgIpc) is 2.85. The van der Waals surface area contributed by atoms with Gasteiger partial charge >= 0.3 is 0 Å². The fraction of sp³-hybridized carbons (Fsp3) is 0.133. The molecule has 3 heterocycles. The van der Waals surface area contributed by atoms with Gasteiger partial charge in [0, 0.05) is 17.2 Å². The molecular formula is C15H15N3O. The minimum atomic E-state index is -0.0940. The number of H-pyrrole nitrogens is 3. The van der Waals surface area contributed by atoms with E-state index in [0.717, 1.165) is 27.3 Å². The molecule has 4 heteroatoms. The van der Waals surface area contributed by atoms with Crippen molar-refractivity contribution in [2.45, 2.75) is 13.8 Å². The molecule has 0 spiro atoms. The van der Waals surface area contributed by atoms with Crippen LogP contribution in [0, 0.1) is 24.5 Å². The summed E-state index contributed by atoms with van der Waals surface area (Å²) in [6.07, 6.45) is 3.82. The predicted molar refractivity (Wildman–Crippen MR) is 75.3 cm³/mol. The van der Waals surface area contributed by atoms with Gasteiger partial charge in [-0.15, -0.1) is 0 Å². The van der Waals surface area contributed by atoms with E-state index in [4.69, 9.17) is 0 Å². The van der Waals surface area contributed by atoms with Gasteiger partial charge < -0.3 is 15.0 Å². The van der Waals surface area contributed by atoms with Gasteiger partial charge in [-0.2, -0.15) is 0 Å². The maximum absolute atomic E-state index is 12.0. The molecule has 2 aliphatic rings. The summed E-state index contributed by atoms with van der Waals surface area (Å²) in [5.41, 5.74) is 3.20. The number of nitrogens with one attached hydrogen (secondary N) is 3. The van der Waals surface area contributed by atoms with E-state index in [9.17, 15) is 4.79 Å². The Morgan fingerprint density at radius 2 is 2.00 bits per heavy atom. The lowest BCUT2D eigenvalue weighted by atomic mass is 10.2. The molecule has 0 aliphatic carbocycles. The van der Waals surface area contributed by atoms with Crippen molar-refractivity contribution in [2.75, 3.05) is 0 Å². The zero-order chi connectivity index (χ0) is 13.6. The summed E-state index contributed by atoms with van der Waals surface area (Å²) >= 11 is 0. The molecule has 1 aromatic rings. The van der Waals surface area contributed by atoms with Gasteiger partial charge in [0.15, 0.2) is 0 Å². The Bertz CT molecular complexity index is 972. The zero-order valence-electron chi connectivity index (χ0n) is 10.9. The molecule has 0 amide bonds. The van der Waals surface area contributed by atoms with Crippen LogP contribution in [0.4, 0.5) is 0 Å². The second-order valence-electron chi connectivity index (χ2n) is 4.79. The van der Waals surface area contributed by atoms with Crippen LogP contribution in [-0.2, 0) is 0 Å². The van der Waals surface area contributed by atoms with Gasteiger partial charge in [0.25, 0.3) is 5.56 Å². The monoisotopic (exact) mass is 253 g/mol. The number of rotatable bonds is 1. The van der Waals surface area contributed by atoms with Gasteiger partial charge in [0.1, 0.15) is 0 Å². The van der Waals surface area contributed by atoms with Crippen molar-refractivity contribution >= 4 is 12.7 Å². The van der Waals surface area contributed by atoms with Crippen molar-refractivity contribution in [3.8, 4) is 0 Å². The highest BCUT2D eigenvalue weighted by Gasteiger charge is 2.03. The van der Waals surface area contributed by atoms with Gasteiger partial charge in [-0.1, -0.05) is 6.58 Å². The molecule has 1 aromatic heterocycles. The minimum absolute atomic E-state index is 0.0940. The Balaban J connectivity index is 2.43. The summed E-state index contributed by atoms with van der Waals surface area (Å²) in [6, 6.07) is 3.70. The summed E-state index contributed by atoms with van der Waals surface area (Å²) in [4.78, 5) is 21.2. The van der Waals surface area contributed by atoms with E-state index >= 15 is 0 Å². The Kier molecular flexibility index (Phi) is 2.45. The first-order valence-electron chi connectivity index (χ1n) is 6.12. The Morgan fingerprint density at radius 3 is 2.68 bits per heavy atom. The lowest BCUT2D eigenvalue weighted by molar-refractivity contribution is 1.15. The summed E-state index contributed by atoms with van der Waals surface area (Å²) in [5, 5.41) is 3.00. The largest absolute Gasteiger partial charge is 0.361 e. The highest BCUT2D eigenvalue weighted by atomic mass is 16.1. The molecule has 0 saturated carbocycles. The number of aromatic amines is 3. The average molecular weight is 253 g/mol. The van der Waals surface area contributed by atoms with E-state index in [2.05, 4.69) is 21.5 Å². The molecule has 3 rings (SSSR count). The SMILES string of the molecule is C=c1ccc2[nH]c(=O)c(=Cc3[nH]cc(C)c3C)c=2[nH]1. The van der Waals surface area contributed by atoms with Crippen molar-refractivity contribution in [2.24, 2.45) is 0 Å². The smallest absolute Gasteiger partial charge is 0.257 e. The normalized spacial score (nSPS) is 12.4. The molecule has 2 aliphatic heterocycles. The third kappa shape index (κ3) is 1.81. The Morgan fingerprint density at radius 1 is 1.21 bits per heavy atom. The van der Waals surface area contributed by atoms with Crippen LogP contribution in [-0.4, -0.2) is 15.0 Å². The van der Waals surface area contributed by atoms with E-state index in [1.807, 2.05) is 38.3 Å². The summed E-state index contributed by atoms with van der Waals surface area (Å²) in [7, 11) is 0. The topological polar surface area (TPSA) is 64.4 Å². The van der Waals surface area contributed by atoms with E-state index < -0.39 is 0 Å². The molecule has 0 saturated heterocycles. The molecule has 0 fully saturated rings. The summed E-state index contributed by atoms with van der Waals surface area (Å²) < 4.78 is 0. The molecule has 0 radical (unpaired) electrons. The number of aromatic nitrogens is 3. The molecule has 0 aromatic carbocycles. The first-order valence-corrected chi connectivity index (χ1v) is 6.12. The molecule has 19 heavy (non-hydrogen) atoms. The number of hydrogen-bond donors (Lipinski definition) is 3. The van der Waals surface area contributed by atoms with E-state index in [1.165, 1.54) is 5.56 Å². The van der Waals surface area contributed by atoms with Crippen LogP contribution in [0.25, 0.3) is 12.7 Å². The van der Waals surface area contributed by atoms with Crippen molar-refractivity contribution in [1.82, 2.24) is 15.0 Å². The maximum atomic E-state index is 12.0. The molecule has 96 valence electrons. The lowest BCUT2D eigenvalue weighted by Gasteiger charge is -1.91. The van der Waals surface area contributed by atoms with Gasteiger partial charge in [-0.3, -0.25) is 4.79 Å². The van der Waals surface area contributed by atoms with Gasteiger partial charge in [-0.25, -0.2) is 0 Å². The van der Waals surface area contributed by atoms with E-state index in [0.29, 0.717) is 5.22 Å². The maximum Gasteiger partial charge on any atom is 0.257 e.